The summed E-state index contributed by atoms with van der Waals surface area (Å²) in [5.41, 5.74) is 3.21. The van der Waals surface area contributed by atoms with Crippen LogP contribution in [0, 0.1) is 0 Å². The van der Waals surface area contributed by atoms with Crippen LogP contribution in [-0.2, 0) is 16.4 Å². The van der Waals surface area contributed by atoms with Gasteiger partial charge in [-0.25, -0.2) is 8.42 Å². The Labute approximate surface area is 184 Å². The van der Waals surface area contributed by atoms with Gasteiger partial charge in [0.25, 0.3) is 0 Å². The van der Waals surface area contributed by atoms with Crippen molar-refractivity contribution in [3.8, 4) is 5.75 Å². The van der Waals surface area contributed by atoms with E-state index in [1.807, 2.05) is 24.3 Å². The second-order valence-corrected chi connectivity index (χ2v) is 10.2. The zero-order valence-electron chi connectivity index (χ0n) is 18.0. The van der Waals surface area contributed by atoms with Crippen molar-refractivity contribution >= 4 is 10.0 Å². The average Bonchev–Trinajstić information content (AvgIpc) is 3.45. The minimum absolute atomic E-state index is 0.105. The lowest BCUT2D eigenvalue weighted by Crippen LogP contribution is -2.28. The maximum absolute atomic E-state index is 12.8. The Kier molecular flexibility index (Phi) is 6.43. The van der Waals surface area contributed by atoms with Gasteiger partial charge in [-0.15, -0.1) is 0 Å². The number of ether oxygens (including phenoxy) is 1. The topological polar surface area (TPSA) is 75.3 Å². The molecule has 7 heteroatoms. The quantitative estimate of drug-likeness (QED) is 0.567. The summed E-state index contributed by atoms with van der Waals surface area (Å²) in [4.78, 5) is 0.344. The summed E-state index contributed by atoms with van der Waals surface area (Å²) in [6, 6.07) is 18.9. The van der Waals surface area contributed by atoms with Crippen LogP contribution in [0.3, 0.4) is 0 Å². The number of nitrogens with zero attached hydrogens (tertiary/aromatic N) is 2. The second-order valence-electron chi connectivity index (χ2n) is 8.30. The van der Waals surface area contributed by atoms with E-state index in [9.17, 15) is 8.42 Å². The highest BCUT2D eigenvalue weighted by molar-refractivity contribution is 7.89. The molecule has 0 amide bonds. The number of hydrogen-bond donors (Lipinski definition) is 1. The first-order valence-corrected chi connectivity index (χ1v) is 12.2. The van der Waals surface area contributed by atoms with Gasteiger partial charge in [-0.05, 0) is 48.2 Å². The first kappa shape index (κ1) is 21.6. The van der Waals surface area contributed by atoms with E-state index >= 15 is 0 Å². The Morgan fingerprint density at radius 3 is 2.58 bits per heavy atom. The van der Waals surface area contributed by atoms with Crippen molar-refractivity contribution < 1.29 is 13.2 Å². The number of rotatable bonds is 8. The average molecular weight is 440 g/mol. The van der Waals surface area contributed by atoms with E-state index < -0.39 is 10.0 Å². The van der Waals surface area contributed by atoms with Crippen LogP contribution in [0.2, 0.25) is 0 Å². The van der Waals surface area contributed by atoms with Crippen molar-refractivity contribution in [2.24, 2.45) is 0 Å². The molecular formula is C24H29N3O3S. The van der Waals surface area contributed by atoms with Crippen molar-refractivity contribution in [1.82, 2.24) is 14.5 Å². The summed E-state index contributed by atoms with van der Waals surface area (Å²) in [6.07, 6.45) is 1.49. The minimum Gasteiger partial charge on any atom is -0.493 e. The number of sulfonamides is 1. The number of aromatic amines is 1. The summed E-state index contributed by atoms with van der Waals surface area (Å²) < 4.78 is 33.1. The van der Waals surface area contributed by atoms with Gasteiger partial charge in [0, 0.05) is 31.1 Å². The summed E-state index contributed by atoms with van der Waals surface area (Å²) in [6.45, 7) is 5.88. The van der Waals surface area contributed by atoms with Gasteiger partial charge in [0.1, 0.15) is 5.75 Å². The fourth-order valence-electron chi connectivity index (χ4n) is 3.87. The lowest BCUT2D eigenvalue weighted by atomic mass is 10.0. The van der Waals surface area contributed by atoms with Gasteiger partial charge >= 0.3 is 0 Å². The van der Waals surface area contributed by atoms with Gasteiger partial charge in [-0.3, -0.25) is 5.10 Å². The van der Waals surface area contributed by atoms with Gasteiger partial charge in [0.05, 0.1) is 17.2 Å². The third kappa shape index (κ3) is 4.99. The molecule has 3 aromatic rings. The van der Waals surface area contributed by atoms with Crippen LogP contribution < -0.4 is 4.74 Å². The van der Waals surface area contributed by atoms with Crippen molar-refractivity contribution in [2.75, 3.05) is 19.7 Å². The third-order valence-corrected chi connectivity index (χ3v) is 7.67. The molecule has 1 aliphatic rings. The zero-order valence-corrected chi connectivity index (χ0v) is 18.8. The molecule has 2 aromatic carbocycles. The molecule has 6 nitrogen and oxygen atoms in total. The molecular weight excluding hydrogens is 410 g/mol. The summed E-state index contributed by atoms with van der Waals surface area (Å²) in [5, 5.41) is 7.52. The van der Waals surface area contributed by atoms with E-state index in [0.29, 0.717) is 30.5 Å². The van der Waals surface area contributed by atoms with Crippen molar-refractivity contribution in [2.45, 2.75) is 43.4 Å². The van der Waals surface area contributed by atoms with Crippen LogP contribution >= 0.6 is 0 Å². The molecule has 1 unspecified atom stereocenters. The van der Waals surface area contributed by atoms with Gasteiger partial charge in [0.15, 0.2) is 0 Å². The van der Waals surface area contributed by atoms with E-state index in [1.165, 1.54) is 5.56 Å². The number of aromatic nitrogens is 2. The van der Waals surface area contributed by atoms with Crippen LogP contribution in [0.15, 0.2) is 65.6 Å². The number of H-pyrrole nitrogens is 1. The fraction of sp³-hybridized carbons (Fsp3) is 0.375. The number of benzene rings is 2. The molecule has 0 radical (unpaired) electrons. The van der Waals surface area contributed by atoms with Crippen molar-refractivity contribution in [1.29, 1.82) is 0 Å². The molecule has 0 spiro atoms. The second kappa shape index (κ2) is 9.24. The first-order valence-electron chi connectivity index (χ1n) is 10.8. The molecule has 0 saturated carbocycles. The standard InChI is InChI=1S/C24H29N3O3S/c1-18(2)19-8-10-22(11-9-19)30-15-13-21-16-24(26-25-21)20-12-14-27(17-20)31(28,29)23-6-4-3-5-7-23/h3-11,16,18,20H,12-15,17H2,1-2H3,(H,25,26). The lowest BCUT2D eigenvalue weighted by Gasteiger charge is -2.16. The molecule has 4 rings (SSSR count). The zero-order chi connectivity index (χ0) is 21.8. The Balaban J connectivity index is 1.31. The van der Waals surface area contributed by atoms with Crippen LogP contribution in [0.4, 0.5) is 0 Å². The monoisotopic (exact) mass is 439 g/mol. The first-order chi connectivity index (χ1) is 14.9. The Morgan fingerprint density at radius 1 is 1.13 bits per heavy atom. The Bertz CT molecular complexity index is 1090. The highest BCUT2D eigenvalue weighted by atomic mass is 32.2. The normalized spacial score (nSPS) is 17.3. The van der Waals surface area contributed by atoms with Crippen LogP contribution in [0.5, 0.6) is 5.75 Å². The van der Waals surface area contributed by atoms with Gasteiger partial charge < -0.3 is 4.74 Å². The molecule has 1 saturated heterocycles. The SMILES string of the molecule is CC(C)c1ccc(OCCc2cc(C3CCN(S(=O)(=O)c4ccccc4)C3)n[nH]2)cc1. The molecule has 31 heavy (non-hydrogen) atoms. The third-order valence-electron chi connectivity index (χ3n) is 5.79. The highest BCUT2D eigenvalue weighted by Crippen LogP contribution is 2.30. The molecule has 1 atom stereocenters. The molecule has 2 heterocycles. The van der Waals surface area contributed by atoms with Gasteiger partial charge in [-0.2, -0.15) is 9.40 Å². The minimum atomic E-state index is -3.45. The molecule has 1 fully saturated rings. The summed E-state index contributed by atoms with van der Waals surface area (Å²) >= 11 is 0. The van der Waals surface area contributed by atoms with Crippen LogP contribution in [-0.4, -0.2) is 42.6 Å². The molecule has 1 aromatic heterocycles. The molecule has 1 aliphatic heterocycles. The lowest BCUT2D eigenvalue weighted by molar-refractivity contribution is 0.320. The van der Waals surface area contributed by atoms with E-state index in [-0.39, 0.29) is 5.92 Å². The van der Waals surface area contributed by atoms with E-state index in [1.54, 1.807) is 28.6 Å². The number of hydrogen-bond acceptors (Lipinski definition) is 4. The maximum Gasteiger partial charge on any atom is 0.243 e. The molecule has 1 N–H and O–H groups in total. The predicted molar refractivity (Wildman–Crippen MR) is 121 cm³/mol. The van der Waals surface area contributed by atoms with Crippen LogP contribution in [0.25, 0.3) is 0 Å². The smallest absolute Gasteiger partial charge is 0.243 e. The molecule has 0 aliphatic carbocycles. The Hall–Kier alpha value is -2.64. The van der Waals surface area contributed by atoms with Crippen LogP contribution in [0.1, 0.15) is 49.1 Å². The van der Waals surface area contributed by atoms with E-state index in [4.69, 9.17) is 4.74 Å². The Morgan fingerprint density at radius 2 is 1.87 bits per heavy atom. The van der Waals surface area contributed by atoms with E-state index in [2.05, 4.69) is 36.2 Å². The highest BCUT2D eigenvalue weighted by Gasteiger charge is 2.34. The van der Waals surface area contributed by atoms with Gasteiger partial charge in [0.2, 0.25) is 10.0 Å². The van der Waals surface area contributed by atoms with Crippen molar-refractivity contribution in [3.63, 3.8) is 0 Å². The van der Waals surface area contributed by atoms with Gasteiger partial charge in [-0.1, -0.05) is 44.2 Å². The molecule has 0 bridgehead atoms. The number of nitrogens with one attached hydrogen (secondary N) is 1. The van der Waals surface area contributed by atoms with E-state index in [0.717, 1.165) is 30.0 Å². The predicted octanol–water partition coefficient (Wildman–Crippen LogP) is 4.33. The van der Waals surface area contributed by atoms with Crippen molar-refractivity contribution in [3.05, 3.63) is 77.6 Å². The summed E-state index contributed by atoms with van der Waals surface area (Å²) in [5.74, 6) is 1.47. The maximum atomic E-state index is 12.8. The largest absolute Gasteiger partial charge is 0.493 e. The molecule has 164 valence electrons. The fourth-order valence-corrected chi connectivity index (χ4v) is 5.40. The summed E-state index contributed by atoms with van der Waals surface area (Å²) in [7, 11) is -3.45.